The molecule has 3 heterocycles. The van der Waals surface area contributed by atoms with E-state index in [1.54, 1.807) is 52.2 Å². The van der Waals surface area contributed by atoms with E-state index in [1.807, 2.05) is 24.3 Å². The smallest absolute Gasteiger partial charge is 0.408 e. The number of rotatable bonds is 8. The first-order chi connectivity index (χ1) is 17.6. The van der Waals surface area contributed by atoms with E-state index in [4.69, 9.17) is 4.74 Å². The molecule has 1 aromatic carbocycles. The lowest BCUT2D eigenvalue weighted by Gasteiger charge is -2.21. The Bertz CT molecular complexity index is 1400. The maximum atomic E-state index is 13.4. The van der Waals surface area contributed by atoms with Crippen LogP contribution in [-0.2, 0) is 16.0 Å². The number of hydrogen-bond donors (Lipinski definition) is 3. The molecule has 4 rings (SSSR count). The molecule has 0 bridgehead atoms. The van der Waals surface area contributed by atoms with Gasteiger partial charge in [0.1, 0.15) is 22.9 Å². The van der Waals surface area contributed by atoms with Crippen LogP contribution in [0.25, 0.3) is 22.2 Å². The number of carbonyl (C=O) groups excluding carboxylic acids is 2. The molecule has 0 saturated carbocycles. The minimum atomic E-state index is -0.725. The van der Waals surface area contributed by atoms with Crippen molar-refractivity contribution >= 4 is 28.7 Å². The fourth-order valence-electron chi connectivity index (χ4n) is 3.91. The highest BCUT2D eigenvalue weighted by Crippen LogP contribution is 2.33. The number of amides is 1. The van der Waals surface area contributed by atoms with Crippen LogP contribution >= 0.6 is 0 Å². The fourth-order valence-corrected chi connectivity index (χ4v) is 3.91. The van der Waals surface area contributed by atoms with Crippen molar-refractivity contribution in [2.45, 2.75) is 45.8 Å². The first-order valence-corrected chi connectivity index (χ1v) is 12.0. The van der Waals surface area contributed by atoms with Gasteiger partial charge >= 0.3 is 6.09 Å². The van der Waals surface area contributed by atoms with Gasteiger partial charge in [0.2, 0.25) is 0 Å². The minimum Gasteiger partial charge on any atom is -0.444 e. The van der Waals surface area contributed by atoms with Crippen molar-refractivity contribution in [3.63, 3.8) is 0 Å². The minimum absolute atomic E-state index is 0.0180. The molecule has 0 unspecified atom stereocenters. The highest BCUT2D eigenvalue weighted by atomic mass is 19.1. The van der Waals surface area contributed by atoms with Crippen LogP contribution in [0.15, 0.2) is 60.9 Å². The summed E-state index contributed by atoms with van der Waals surface area (Å²) in [5.74, 6) is 0.0205. The molecular weight excluding hydrogens is 473 g/mol. The first-order valence-electron chi connectivity index (χ1n) is 12.0. The number of H-pyrrole nitrogens is 1. The number of ketones is 1. The average molecular weight is 504 g/mol. The molecule has 3 aromatic heterocycles. The van der Waals surface area contributed by atoms with Crippen LogP contribution in [0.1, 0.15) is 39.0 Å². The number of Topliss-reactive ketones (excluding diaryl/α,β-unsaturated/α-hetero) is 1. The van der Waals surface area contributed by atoms with Gasteiger partial charge in [0.25, 0.3) is 0 Å². The van der Waals surface area contributed by atoms with Crippen LogP contribution in [0.3, 0.4) is 0 Å². The van der Waals surface area contributed by atoms with Crippen LogP contribution in [0, 0.1) is 5.82 Å². The Balaban J connectivity index is 1.53. The third-order valence-corrected chi connectivity index (χ3v) is 5.66. The molecule has 9 heteroatoms. The van der Waals surface area contributed by atoms with Gasteiger partial charge < -0.3 is 20.4 Å². The van der Waals surface area contributed by atoms with Gasteiger partial charge in [-0.1, -0.05) is 12.1 Å². The number of ether oxygens (including phenoxy) is 1. The topological polar surface area (TPSA) is 109 Å². The molecule has 0 fully saturated rings. The van der Waals surface area contributed by atoms with E-state index in [-0.39, 0.29) is 18.1 Å². The van der Waals surface area contributed by atoms with Crippen molar-refractivity contribution in [3.05, 3.63) is 78.0 Å². The zero-order chi connectivity index (χ0) is 26.6. The molecule has 0 radical (unpaired) electrons. The Morgan fingerprint density at radius 3 is 2.43 bits per heavy atom. The predicted molar refractivity (Wildman–Crippen MR) is 141 cm³/mol. The van der Waals surface area contributed by atoms with E-state index >= 15 is 0 Å². The van der Waals surface area contributed by atoms with Crippen LogP contribution < -0.4 is 10.6 Å². The van der Waals surface area contributed by atoms with Crippen molar-refractivity contribution in [2.75, 3.05) is 11.9 Å². The molecule has 8 nitrogen and oxygen atoms in total. The summed E-state index contributed by atoms with van der Waals surface area (Å²) in [6.45, 7) is 6.87. The average Bonchev–Trinajstić information content (AvgIpc) is 3.20. The third-order valence-electron chi connectivity index (χ3n) is 5.66. The normalized spacial score (nSPS) is 12.2. The number of carbonyl (C=O) groups is 2. The first kappa shape index (κ1) is 25.8. The van der Waals surface area contributed by atoms with Crippen molar-refractivity contribution in [1.82, 2.24) is 20.3 Å². The number of halogens is 1. The number of hydrogen-bond acceptors (Lipinski definition) is 6. The SMILES string of the molecule is C[C@H](NC(=O)OC(C)(C)C)C(=O)CNc1ccc2c(-c3ccncc3)c(Cc3ccc(F)cc3)[nH]c2n1. The molecule has 4 aromatic rings. The molecule has 0 spiro atoms. The van der Waals surface area contributed by atoms with Crippen LogP contribution in [0.4, 0.5) is 15.0 Å². The second kappa shape index (κ2) is 10.8. The third kappa shape index (κ3) is 6.69. The molecule has 1 atom stereocenters. The molecule has 3 N–H and O–H groups in total. The Kier molecular flexibility index (Phi) is 7.52. The lowest BCUT2D eigenvalue weighted by atomic mass is 10.00. The number of benzene rings is 1. The summed E-state index contributed by atoms with van der Waals surface area (Å²) in [6.07, 6.45) is 3.38. The molecular formula is C28H30FN5O3. The van der Waals surface area contributed by atoms with E-state index in [0.29, 0.717) is 17.9 Å². The largest absolute Gasteiger partial charge is 0.444 e. The van der Waals surface area contributed by atoms with Gasteiger partial charge in [0, 0.05) is 35.5 Å². The fraction of sp³-hybridized carbons (Fsp3) is 0.286. The summed E-state index contributed by atoms with van der Waals surface area (Å²) in [4.78, 5) is 36.7. The van der Waals surface area contributed by atoms with E-state index < -0.39 is 17.7 Å². The number of aromatic nitrogens is 3. The summed E-state index contributed by atoms with van der Waals surface area (Å²) in [7, 11) is 0. The lowest BCUT2D eigenvalue weighted by Crippen LogP contribution is -2.43. The second-order valence-electron chi connectivity index (χ2n) is 9.80. The Morgan fingerprint density at radius 1 is 1.05 bits per heavy atom. The zero-order valence-electron chi connectivity index (χ0n) is 21.3. The van der Waals surface area contributed by atoms with E-state index in [9.17, 15) is 14.0 Å². The van der Waals surface area contributed by atoms with Crippen LogP contribution in [0.5, 0.6) is 0 Å². The molecule has 192 valence electrons. The van der Waals surface area contributed by atoms with Gasteiger partial charge in [-0.05, 0) is 75.2 Å². The van der Waals surface area contributed by atoms with Gasteiger partial charge in [-0.2, -0.15) is 0 Å². The van der Waals surface area contributed by atoms with E-state index in [1.165, 1.54) is 12.1 Å². The maximum Gasteiger partial charge on any atom is 0.408 e. The number of alkyl carbamates (subject to hydrolysis) is 1. The zero-order valence-corrected chi connectivity index (χ0v) is 21.3. The second-order valence-corrected chi connectivity index (χ2v) is 9.80. The maximum absolute atomic E-state index is 13.4. The van der Waals surface area contributed by atoms with Crippen molar-refractivity contribution in [1.29, 1.82) is 0 Å². The molecule has 0 aliphatic heterocycles. The summed E-state index contributed by atoms with van der Waals surface area (Å²) < 4.78 is 18.6. The summed E-state index contributed by atoms with van der Waals surface area (Å²) in [5.41, 5.74) is 3.87. The standard InChI is InChI=1S/C28H30FN5O3/c1-17(32-27(36)37-28(2,3)4)23(35)16-31-24-10-9-21-25(19-11-13-30-14-12-19)22(33-26(21)34-24)15-18-5-7-20(29)8-6-18/h5-14,17H,15-16H2,1-4H3,(H,32,36)(H2,31,33,34)/t17-/m0/s1. The Hall–Kier alpha value is -4.27. The summed E-state index contributed by atoms with van der Waals surface area (Å²) in [6, 6.07) is 13.3. The lowest BCUT2D eigenvalue weighted by molar-refractivity contribution is -0.119. The van der Waals surface area contributed by atoms with Crippen LogP contribution in [-0.4, -0.2) is 45.0 Å². The number of pyridine rings is 2. The van der Waals surface area contributed by atoms with Crippen molar-refractivity contribution in [2.24, 2.45) is 0 Å². The summed E-state index contributed by atoms with van der Waals surface area (Å²) in [5, 5.41) is 6.51. The van der Waals surface area contributed by atoms with Gasteiger partial charge in [-0.25, -0.2) is 14.2 Å². The van der Waals surface area contributed by atoms with Crippen LogP contribution in [0.2, 0.25) is 0 Å². The highest BCUT2D eigenvalue weighted by Gasteiger charge is 2.21. The quantitative estimate of drug-likeness (QED) is 0.303. The number of aromatic amines is 1. The number of fused-ring (bicyclic) bond motifs is 1. The summed E-state index contributed by atoms with van der Waals surface area (Å²) >= 11 is 0. The predicted octanol–water partition coefficient (Wildman–Crippen LogP) is 5.25. The molecule has 0 saturated heterocycles. The molecule has 1 amide bonds. The van der Waals surface area contributed by atoms with E-state index in [0.717, 1.165) is 27.8 Å². The molecule has 0 aliphatic rings. The number of nitrogens with zero attached hydrogens (tertiary/aromatic N) is 2. The number of nitrogens with one attached hydrogen (secondary N) is 3. The number of anilines is 1. The highest BCUT2D eigenvalue weighted by molar-refractivity contribution is 5.97. The van der Waals surface area contributed by atoms with Gasteiger partial charge in [0.05, 0.1) is 12.6 Å². The Labute approximate surface area is 214 Å². The van der Waals surface area contributed by atoms with E-state index in [2.05, 4.69) is 25.6 Å². The van der Waals surface area contributed by atoms with Crippen molar-refractivity contribution in [3.8, 4) is 11.1 Å². The molecule has 37 heavy (non-hydrogen) atoms. The Morgan fingerprint density at radius 2 is 1.76 bits per heavy atom. The monoisotopic (exact) mass is 503 g/mol. The van der Waals surface area contributed by atoms with Gasteiger partial charge in [0.15, 0.2) is 5.78 Å². The molecule has 0 aliphatic carbocycles. The van der Waals surface area contributed by atoms with Gasteiger partial charge in [-0.15, -0.1) is 0 Å². The van der Waals surface area contributed by atoms with Crippen molar-refractivity contribution < 1.29 is 18.7 Å². The van der Waals surface area contributed by atoms with Gasteiger partial charge in [-0.3, -0.25) is 9.78 Å².